The van der Waals surface area contributed by atoms with Crippen molar-refractivity contribution in [2.75, 3.05) is 11.9 Å². The molecule has 1 amide bonds. The zero-order chi connectivity index (χ0) is 10.8. The van der Waals surface area contributed by atoms with E-state index in [9.17, 15) is 4.79 Å². The van der Waals surface area contributed by atoms with Crippen molar-refractivity contribution in [3.63, 3.8) is 0 Å². The van der Waals surface area contributed by atoms with Gasteiger partial charge >= 0.3 is 0 Å². The summed E-state index contributed by atoms with van der Waals surface area (Å²) in [4.78, 5) is 11.5. The average Bonchev–Trinajstić information content (AvgIpc) is 2.92. The van der Waals surface area contributed by atoms with Crippen molar-refractivity contribution in [3.05, 3.63) is 11.9 Å². The van der Waals surface area contributed by atoms with Crippen molar-refractivity contribution in [1.82, 2.24) is 15.1 Å². The van der Waals surface area contributed by atoms with Crippen LogP contribution in [-0.4, -0.2) is 28.3 Å². The van der Waals surface area contributed by atoms with Crippen LogP contribution >= 0.6 is 0 Å². The Kier molecular flexibility index (Phi) is 2.73. The molecule has 15 heavy (non-hydrogen) atoms. The summed E-state index contributed by atoms with van der Waals surface area (Å²) in [6.07, 6.45) is 4.20. The van der Waals surface area contributed by atoms with Gasteiger partial charge in [0.25, 0.3) is 0 Å². The van der Waals surface area contributed by atoms with Gasteiger partial charge in [0, 0.05) is 19.3 Å². The predicted octanol–water partition coefficient (Wildman–Crippen LogP) is 0.419. The molecule has 0 unspecified atom stereocenters. The van der Waals surface area contributed by atoms with Gasteiger partial charge in [0.1, 0.15) is 0 Å². The highest BCUT2D eigenvalue weighted by molar-refractivity contribution is 5.92. The Morgan fingerprint density at radius 3 is 2.93 bits per heavy atom. The quantitative estimate of drug-likeness (QED) is 0.754. The van der Waals surface area contributed by atoms with Crippen LogP contribution in [0.5, 0.6) is 0 Å². The van der Waals surface area contributed by atoms with E-state index < -0.39 is 0 Å². The first kappa shape index (κ1) is 10.2. The maximum Gasteiger partial charge on any atom is 0.238 e. The van der Waals surface area contributed by atoms with E-state index in [0.717, 1.165) is 11.4 Å². The third kappa shape index (κ3) is 2.79. The summed E-state index contributed by atoms with van der Waals surface area (Å²) in [5.74, 6) is -0.00185. The van der Waals surface area contributed by atoms with Gasteiger partial charge in [-0.05, 0) is 19.8 Å². The molecule has 1 aliphatic carbocycles. The molecule has 0 bridgehead atoms. The summed E-state index contributed by atoms with van der Waals surface area (Å²) in [6.45, 7) is 2.27. The predicted molar refractivity (Wildman–Crippen MR) is 57.6 cm³/mol. The Morgan fingerprint density at radius 2 is 2.40 bits per heavy atom. The van der Waals surface area contributed by atoms with Crippen molar-refractivity contribution in [2.24, 2.45) is 7.05 Å². The second kappa shape index (κ2) is 4.02. The molecule has 0 aromatic carbocycles. The molecule has 0 saturated heterocycles. The number of anilines is 1. The maximum atomic E-state index is 11.5. The molecule has 1 aromatic heterocycles. The zero-order valence-electron chi connectivity index (χ0n) is 9.08. The molecule has 5 heteroatoms. The standard InChI is InChI=1S/C10H16N4O/c1-7-9(6-14(2)13-7)12-10(15)5-11-8-3-4-8/h6,8,11H,3-5H2,1-2H3,(H,12,15). The second-order valence-corrected chi connectivity index (χ2v) is 4.01. The fourth-order valence-electron chi connectivity index (χ4n) is 1.44. The number of nitrogens with zero attached hydrogens (tertiary/aromatic N) is 2. The largest absolute Gasteiger partial charge is 0.322 e. The molecule has 1 fully saturated rings. The first-order valence-electron chi connectivity index (χ1n) is 5.18. The third-order valence-electron chi connectivity index (χ3n) is 2.42. The van der Waals surface area contributed by atoms with Crippen LogP contribution < -0.4 is 10.6 Å². The zero-order valence-corrected chi connectivity index (χ0v) is 9.08. The minimum absolute atomic E-state index is 0.00185. The van der Waals surface area contributed by atoms with Crippen LogP contribution in [0.25, 0.3) is 0 Å². The van der Waals surface area contributed by atoms with Gasteiger partial charge in [-0.1, -0.05) is 0 Å². The van der Waals surface area contributed by atoms with E-state index in [2.05, 4.69) is 15.7 Å². The smallest absolute Gasteiger partial charge is 0.238 e. The lowest BCUT2D eigenvalue weighted by atomic mass is 10.4. The monoisotopic (exact) mass is 208 g/mol. The Hall–Kier alpha value is -1.36. The number of nitrogens with one attached hydrogen (secondary N) is 2. The van der Waals surface area contributed by atoms with Gasteiger partial charge in [-0.2, -0.15) is 5.10 Å². The number of hydrogen-bond acceptors (Lipinski definition) is 3. The van der Waals surface area contributed by atoms with Gasteiger partial charge in [0.05, 0.1) is 17.9 Å². The van der Waals surface area contributed by atoms with E-state index in [1.807, 2.05) is 20.2 Å². The Morgan fingerprint density at radius 1 is 1.67 bits per heavy atom. The van der Waals surface area contributed by atoms with E-state index in [0.29, 0.717) is 12.6 Å². The fourth-order valence-corrected chi connectivity index (χ4v) is 1.44. The van der Waals surface area contributed by atoms with Crippen molar-refractivity contribution < 1.29 is 4.79 Å². The van der Waals surface area contributed by atoms with E-state index in [1.54, 1.807) is 4.68 Å². The molecule has 1 saturated carbocycles. The van der Waals surface area contributed by atoms with E-state index in [-0.39, 0.29) is 5.91 Å². The summed E-state index contributed by atoms with van der Waals surface area (Å²) in [7, 11) is 1.84. The highest BCUT2D eigenvalue weighted by atomic mass is 16.1. The normalized spacial score (nSPS) is 15.3. The van der Waals surface area contributed by atoms with E-state index in [4.69, 9.17) is 0 Å². The number of amides is 1. The molecule has 2 rings (SSSR count). The molecule has 0 spiro atoms. The number of rotatable bonds is 4. The molecule has 5 nitrogen and oxygen atoms in total. The third-order valence-corrected chi connectivity index (χ3v) is 2.42. The van der Waals surface area contributed by atoms with Crippen molar-refractivity contribution in [2.45, 2.75) is 25.8 Å². The number of carbonyl (C=O) groups is 1. The Bertz CT molecular complexity index is 367. The van der Waals surface area contributed by atoms with Crippen LogP contribution in [0.1, 0.15) is 18.5 Å². The van der Waals surface area contributed by atoms with E-state index in [1.165, 1.54) is 12.8 Å². The van der Waals surface area contributed by atoms with Crippen molar-refractivity contribution in [1.29, 1.82) is 0 Å². The molecule has 0 atom stereocenters. The molecule has 1 aromatic rings. The molecular formula is C10H16N4O. The van der Waals surface area contributed by atoms with Gasteiger partial charge in [-0.25, -0.2) is 0 Å². The highest BCUT2D eigenvalue weighted by Crippen LogP contribution is 2.18. The lowest BCUT2D eigenvalue weighted by Crippen LogP contribution is -2.29. The summed E-state index contributed by atoms with van der Waals surface area (Å²) in [5.41, 5.74) is 1.64. The Balaban J connectivity index is 1.84. The van der Waals surface area contributed by atoms with Crippen molar-refractivity contribution >= 4 is 11.6 Å². The minimum Gasteiger partial charge on any atom is -0.322 e. The lowest BCUT2D eigenvalue weighted by Gasteiger charge is -2.03. The first-order chi connectivity index (χ1) is 7.15. The highest BCUT2D eigenvalue weighted by Gasteiger charge is 2.21. The number of carbonyl (C=O) groups excluding carboxylic acids is 1. The molecule has 1 aliphatic rings. The van der Waals surface area contributed by atoms with Crippen LogP contribution in [0.2, 0.25) is 0 Å². The van der Waals surface area contributed by atoms with Gasteiger partial charge < -0.3 is 10.6 Å². The average molecular weight is 208 g/mol. The molecule has 82 valence electrons. The molecule has 0 radical (unpaired) electrons. The lowest BCUT2D eigenvalue weighted by molar-refractivity contribution is -0.115. The van der Waals surface area contributed by atoms with E-state index >= 15 is 0 Å². The SMILES string of the molecule is Cc1nn(C)cc1NC(=O)CNC1CC1. The number of aromatic nitrogens is 2. The maximum absolute atomic E-state index is 11.5. The molecule has 1 heterocycles. The fraction of sp³-hybridized carbons (Fsp3) is 0.600. The Labute approximate surface area is 88.8 Å². The molecule has 0 aliphatic heterocycles. The van der Waals surface area contributed by atoms with Crippen molar-refractivity contribution in [3.8, 4) is 0 Å². The molecule has 2 N–H and O–H groups in total. The van der Waals surface area contributed by atoms with Crippen LogP contribution in [0.3, 0.4) is 0 Å². The summed E-state index contributed by atoms with van der Waals surface area (Å²) in [5, 5.41) is 10.1. The van der Waals surface area contributed by atoms with Crippen LogP contribution in [0.15, 0.2) is 6.20 Å². The van der Waals surface area contributed by atoms with Gasteiger partial charge in [-0.3, -0.25) is 9.48 Å². The first-order valence-corrected chi connectivity index (χ1v) is 5.18. The summed E-state index contributed by atoms with van der Waals surface area (Å²) >= 11 is 0. The van der Waals surface area contributed by atoms with Crippen LogP contribution in [-0.2, 0) is 11.8 Å². The summed E-state index contributed by atoms with van der Waals surface area (Å²) < 4.78 is 1.69. The van der Waals surface area contributed by atoms with Gasteiger partial charge in [0.2, 0.25) is 5.91 Å². The van der Waals surface area contributed by atoms with Crippen LogP contribution in [0.4, 0.5) is 5.69 Å². The second-order valence-electron chi connectivity index (χ2n) is 4.01. The van der Waals surface area contributed by atoms with Gasteiger partial charge in [-0.15, -0.1) is 0 Å². The van der Waals surface area contributed by atoms with Crippen LogP contribution in [0, 0.1) is 6.92 Å². The van der Waals surface area contributed by atoms with Gasteiger partial charge in [0.15, 0.2) is 0 Å². The summed E-state index contributed by atoms with van der Waals surface area (Å²) in [6, 6.07) is 0.561. The molecular weight excluding hydrogens is 192 g/mol. The topological polar surface area (TPSA) is 59.0 Å². The minimum atomic E-state index is -0.00185. The number of aryl methyl sites for hydroxylation is 2. The number of hydrogen-bond donors (Lipinski definition) is 2.